The van der Waals surface area contributed by atoms with Crippen LogP contribution in [0.3, 0.4) is 0 Å². The fourth-order valence-electron chi connectivity index (χ4n) is 3.00. The van der Waals surface area contributed by atoms with Crippen molar-refractivity contribution < 1.29 is 4.74 Å². The van der Waals surface area contributed by atoms with Gasteiger partial charge in [0.05, 0.1) is 7.11 Å². The Balaban J connectivity index is 1.69. The van der Waals surface area contributed by atoms with E-state index in [-0.39, 0.29) is 0 Å². The number of hydrogen-bond donors (Lipinski definition) is 1. The van der Waals surface area contributed by atoms with Crippen LogP contribution in [0.15, 0.2) is 24.3 Å². The second kappa shape index (κ2) is 8.28. The number of benzene rings is 1. The summed E-state index contributed by atoms with van der Waals surface area (Å²) in [5.74, 6) is 1.01. The number of likely N-dealkylation sites (tertiary alicyclic amines) is 1. The minimum Gasteiger partial charge on any atom is -0.496 e. The van der Waals surface area contributed by atoms with Gasteiger partial charge in [-0.2, -0.15) is 0 Å². The summed E-state index contributed by atoms with van der Waals surface area (Å²) in [6.45, 7) is 7.06. The molecule has 0 unspecified atom stereocenters. The Kier molecular flexibility index (Phi) is 6.34. The van der Waals surface area contributed by atoms with Crippen LogP contribution >= 0.6 is 0 Å². The maximum Gasteiger partial charge on any atom is 0.122 e. The first-order chi connectivity index (χ1) is 9.83. The van der Waals surface area contributed by atoms with Crippen molar-refractivity contribution in [2.45, 2.75) is 38.6 Å². The van der Waals surface area contributed by atoms with Gasteiger partial charge in [0.2, 0.25) is 0 Å². The van der Waals surface area contributed by atoms with E-state index in [1.165, 1.54) is 44.5 Å². The molecule has 1 aliphatic rings. The number of ether oxygens (including phenoxy) is 1. The zero-order valence-electron chi connectivity index (χ0n) is 12.9. The Morgan fingerprint density at radius 1 is 1.25 bits per heavy atom. The summed E-state index contributed by atoms with van der Waals surface area (Å²) in [7, 11) is 1.75. The zero-order chi connectivity index (χ0) is 14.2. The quantitative estimate of drug-likeness (QED) is 0.828. The van der Waals surface area contributed by atoms with Crippen molar-refractivity contribution in [3.05, 3.63) is 29.8 Å². The Labute approximate surface area is 123 Å². The van der Waals surface area contributed by atoms with Gasteiger partial charge in [0.15, 0.2) is 0 Å². The standard InChI is InChI=1S/C17H28N2O/c1-3-12-19-13-9-16(10-14-19)18-11-8-15-6-4-5-7-17(15)20-2/h4-7,16,18H,3,8-14H2,1-2H3. The van der Waals surface area contributed by atoms with E-state index in [0.29, 0.717) is 6.04 Å². The number of nitrogens with one attached hydrogen (secondary N) is 1. The third kappa shape index (κ3) is 4.50. The van der Waals surface area contributed by atoms with E-state index in [0.717, 1.165) is 18.7 Å². The molecular weight excluding hydrogens is 248 g/mol. The lowest BCUT2D eigenvalue weighted by molar-refractivity contribution is 0.198. The van der Waals surface area contributed by atoms with Crippen LogP contribution in [0, 0.1) is 0 Å². The predicted octanol–water partition coefficient (Wildman–Crippen LogP) is 2.70. The maximum atomic E-state index is 5.39. The summed E-state index contributed by atoms with van der Waals surface area (Å²) < 4.78 is 5.39. The molecule has 3 heteroatoms. The Morgan fingerprint density at radius 3 is 2.70 bits per heavy atom. The lowest BCUT2D eigenvalue weighted by atomic mass is 10.0. The second-order valence-electron chi connectivity index (χ2n) is 5.63. The lowest BCUT2D eigenvalue weighted by Gasteiger charge is -2.32. The topological polar surface area (TPSA) is 24.5 Å². The first kappa shape index (κ1) is 15.3. The van der Waals surface area contributed by atoms with E-state index in [1.54, 1.807) is 7.11 Å². The molecule has 1 saturated heterocycles. The molecule has 0 radical (unpaired) electrons. The minimum absolute atomic E-state index is 0.692. The van der Waals surface area contributed by atoms with Crippen molar-refractivity contribution in [2.75, 3.05) is 33.3 Å². The number of para-hydroxylation sites is 1. The molecule has 1 N–H and O–H groups in total. The van der Waals surface area contributed by atoms with Crippen molar-refractivity contribution in [2.24, 2.45) is 0 Å². The van der Waals surface area contributed by atoms with E-state index >= 15 is 0 Å². The highest BCUT2D eigenvalue weighted by Crippen LogP contribution is 2.17. The van der Waals surface area contributed by atoms with Gasteiger partial charge in [-0.15, -0.1) is 0 Å². The molecule has 0 aromatic heterocycles. The molecule has 0 aliphatic carbocycles. The molecule has 1 fully saturated rings. The van der Waals surface area contributed by atoms with Crippen LogP contribution < -0.4 is 10.1 Å². The van der Waals surface area contributed by atoms with Crippen LogP contribution in [0.4, 0.5) is 0 Å². The van der Waals surface area contributed by atoms with Crippen molar-refractivity contribution >= 4 is 0 Å². The Hall–Kier alpha value is -1.06. The third-order valence-corrected chi connectivity index (χ3v) is 4.15. The van der Waals surface area contributed by atoms with Crippen LogP contribution in [0.25, 0.3) is 0 Å². The molecule has 1 aromatic carbocycles. The predicted molar refractivity (Wildman–Crippen MR) is 84.5 cm³/mol. The van der Waals surface area contributed by atoms with Gasteiger partial charge >= 0.3 is 0 Å². The summed E-state index contributed by atoms with van der Waals surface area (Å²) in [5, 5.41) is 3.70. The van der Waals surface area contributed by atoms with Gasteiger partial charge in [-0.3, -0.25) is 0 Å². The van der Waals surface area contributed by atoms with Gasteiger partial charge in [-0.25, -0.2) is 0 Å². The first-order valence-electron chi connectivity index (χ1n) is 7.91. The molecule has 0 spiro atoms. The van der Waals surface area contributed by atoms with Gasteiger partial charge in [-0.05, 0) is 63.5 Å². The fraction of sp³-hybridized carbons (Fsp3) is 0.647. The number of piperidine rings is 1. The molecule has 2 rings (SSSR count). The smallest absolute Gasteiger partial charge is 0.122 e. The average molecular weight is 276 g/mol. The molecule has 1 aromatic rings. The zero-order valence-corrected chi connectivity index (χ0v) is 12.9. The largest absolute Gasteiger partial charge is 0.496 e. The summed E-state index contributed by atoms with van der Waals surface area (Å²) >= 11 is 0. The highest BCUT2D eigenvalue weighted by atomic mass is 16.5. The van der Waals surface area contributed by atoms with Crippen LogP contribution in [0.5, 0.6) is 5.75 Å². The monoisotopic (exact) mass is 276 g/mol. The summed E-state index contributed by atoms with van der Waals surface area (Å²) in [6, 6.07) is 9.00. The first-order valence-corrected chi connectivity index (χ1v) is 7.91. The fourth-order valence-corrected chi connectivity index (χ4v) is 3.00. The molecule has 0 atom stereocenters. The Bertz CT molecular complexity index is 386. The van der Waals surface area contributed by atoms with E-state index < -0.39 is 0 Å². The third-order valence-electron chi connectivity index (χ3n) is 4.15. The molecule has 0 amide bonds. The summed E-state index contributed by atoms with van der Waals surface area (Å²) in [5.41, 5.74) is 1.30. The summed E-state index contributed by atoms with van der Waals surface area (Å²) in [4.78, 5) is 2.58. The molecule has 0 bridgehead atoms. The highest BCUT2D eigenvalue weighted by molar-refractivity contribution is 5.33. The Morgan fingerprint density at radius 2 is 2.00 bits per heavy atom. The minimum atomic E-state index is 0.692. The van der Waals surface area contributed by atoms with Crippen LogP contribution in [0.2, 0.25) is 0 Å². The van der Waals surface area contributed by atoms with Gasteiger partial charge < -0.3 is 15.0 Å². The normalized spacial score (nSPS) is 17.3. The number of methoxy groups -OCH3 is 1. The van der Waals surface area contributed by atoms with Crippen molar-refractivity contribution in [3.8, 4) is 5.75 Å². The lowest BCUT2D eigenvalue weighted by Crippen LogP contribution is -2.43. The molecule has 3 nitrogen and oxygen atoms in total. The van der Waals surface area contributed by atoms with Crippen molar-refractivity contribution in [3.63, 3.8) is 0 Å². The number of nitrogens with zero attached hydrogens (tertiary/aromatic N) is 1. The van der Waals surface area contributed by atoms with Crippen LogP contribution in [-0.4, -0.2) is 44.2 Å². The molecule has 20 heavy (non-hydrogen) atoms. The average Bonchev–Trinajstić information content (AvgIpc) is 2.50. The maximum absolute atomic E-state index is 5.39. The van der Waals surface area contributed by atoms with Crippen LogP contribution in [0.1, 0.15) is 31.7 Å². The van der Waals surface area contributed by atoms with E-state index in [1.807, 2.05) is 12.1 Å². The van der Waals surface area contributed by atoms with Gasteiger partial charge in [0, 0.05) is 6.04 Å². The summed E-state index contributed by atoms with van der Waals surface area (Å²) in [6.07, 6.45) is 4.88. The molecule has 0 saturated carbocycles. The number of hydrogen-bond acceptors (Lipinski definition) is 3. The van der Waals surface area contributed by atoms with Crippen molar-refractivity contribution in [1.29, 1.82) is 0 Å². The van der Waals surface area contributed by atoms with Crippen molar-refractivity contribution in [1.82, 2.24) is 10.2 Å². The highest BCUT2D eigenvalue weighted by Gasteiger charge is 2.17. The SMILES string of the molecule is CCCN1CCC(NCCc2ccccc2OC)CC1. The molecule has 112 valence electrons. The van der Waals surface area contributed by atoms with Gasteiger partial charge in [0.1, 0.15) is 5.75 Å². The molecule has 1 heterocycles. The van der Waals surface area contributed by atoms with E-state index in [2.05, 4.69) is 29.3 Å². The van der Waals surface area contributed by atoms with Gasteiger partial charge in [0.25, 0.3) is 0 Å². The molecular formula is C17H28N2O. The van der Waals surface area contributed by atoms with Crippen LogP contribution in [-0.2, 0) is 6.42 Å². The molecule has 1 aliphatic heterocycles. The van der Waals surface area contributed by atoms with E-state index in [4.69, 9.17) is 4.74 Å². The number of rotatable bonds is 7. The van der Waals surface area contributed by atoms with Gasteiger partial charge in [-0.1, -0.05) is 25.1 Å². The van der Waals surface area contributed by atoms with E-state index in [9.17, 15) is 0 Å². The second-order valence-corrected chi connectivity index (χ2v) is 5.63.